The Morgan fingerprint density at radius 3 is 2.52 bits per heavy atom. The minimum Gasteiger partial charge on any atom is -0.349 e. The van der Waals surface area contributed by atoms with Gasteiger partial charge in [-0.2, -0.15) is 0 Å². The molecule has 2 amide bonds. The standard InChI is InChI=1S/C19H20N6O2/c1-14-5-7-15(8-6-14)12-22-19(27)17-13-25(24-23-17)11-10-21-18(26)16-4-2-3-9-20-16/h2-9,13H,10-12H2,1H3,(H,21,26)(H,22,27). The molecule has 2 heterocycles. The molecule has 0 radical (unpaired) electrons. The van der Waals surface area contributed by atoms with Crippen LogP contribution in [-0.2, 0) is 13.1 Å². The molecule has 3 rings (SSSR count). The Balaban J connectivity index is 1.45. The van der Waals surface area contributed by atoms with E-state index in [1.54, 1.807) is 30.6 Å². The quantitative estimate of drug-likeness (QED) is 0.659. The second-order valence-electron chi connectivity index (χ2n) is 6.01. The summed E-state index contributed by atoms with van der Waals surface area (Å²) in [4.78, 5) is 28.0. The molecule has 0 aliphatic rings. The van der Waals surface area contributed by atoms with Crippen molar-refractivity contribution in [1.82, 2.24) is 30.6 Å². The molecule has 0 bridgehead atoms. The first-order chi connectivity index (χ1) is 13.1. The number of aromatic nitrogens is 4. The van der Waals surface area contributed by atoms with Crippen LogP contribution >= 0.6 is 0 Å². The number of hydrogen-bond donors (Lipinski definition) is 2. The molecule has 0 unspecified atom stereocenters. The number of amides is 2. The smallest absolute Gasteiger partial charge is 0.273 e. The fourth-order valence-electron chi connectivity index (χ4n) is 2.36. The van der Waals surface area contributed by atoms with E-state index in [0.717, 1.165) is 5.56 Å². The second kappa shape index (κ2) is 8.70. The van der Waals surface area contributed by atoms with Crippen LogP contribution in [0.1, 0.15) is 32.1 Å². The maximum atomic E-state index is 12.2. The summed E-state index contributed by atoms with van der Waals surface area (Å²) >= 11 is 0. The molecule has 0 aliphatic carbocycles. The third-order valence-corrected chi connectivity index (χ3v) is 3.87. The van der Waals surface area contributed by atoms with Gasteiger partial charge in [-0.05, 0) is 24.6 Å². The van der Waals surface area contributed by atoms with E-state index in [1.807, 2.05) is 31.2 Å². The predicted octanol–water partition coefficient (Wildman–Crippen LogP) is 1.34. The van der Waals surface area contributed by atoms with E-state index in [9.17, 15) is 9.59 Å². The molecule has 2 aromatic heterocycles. The highest BCUT2D eigenvalue weighted by Crippen LogP contribution is 2.03. The van der Waals surface area contributed by atoms with Crippen molar-refractivity contribution in [3.8, 4) is 0 Å². The molecule has 2 N–H and O–H groups in total. The van der Waals surface area contributed by atoms with Crippen molar-refractivity contribution >= 4 is 11.8 Å². The fourth-order valence-corrected chi connectivity index (χ4v) is 2.36. The van der Waals surface area contributed by atoms with Crippen LogP contribution in [0.3, 0.4) is 0 Å². The number of nitrogens with one attached hydrogen (secondary N) is 2. The average molecular weight is 364 g/mol. The minimum atomic E-state index is -0.292. The zero-order valence-corrected chi connectivity index (χ0v) is 14.9. The number of pyridine rings is 1. The van der Waals surface area contributed by atoms with Gasteiger partial charge >= 0.3 is 0 Å². The van der Waals surface area contributed by atoms with Gasteiger partial charge in [0.15, 0.2) is 5.69 Å². The lowest BCUT2D eigenvalue weighted by Gasteiger charge is -2.04. The molecular formula is C19H20N6O2. The van der Waals surface area contributed by atoms with Gasteiger partial charge in [0.25, 0.3) is 11.8 Å². The van der Waals surface area contributed by atoms with Crippen LogP contribution in [0.4, 0.5) is 0 Å². The zero-order chi connectivity index (χ0) is 19.1. The molecule has 0 saturated carbocycles. The molecule has 8 nitrogen and oxygen atoms in total. The highest BCUT2D eigenvalue weighted by Gasteiger charge is 2.11. The number of carbonyl (C=O) groups excluding carboxylic acids is 2. The van der Waals surface area contributed by atoms with Crippen LogP contribution in [-0.4, -0.2) is 38.3 Å². The third kappa shape index (κ3) is 5.21. The lowest BCUT2D eigenvalue weighted by molar-refractivity contribution is 0.0937. The molecule has 0 atom stereocenters. The SMILES string of the molecule is Cc1ccc(CNC(=O)c2cn(CCNC(=O)c3ccccn3)nn2)cc1. The summed E-state index contributed by atoms with van der Waals surface area (Å²) in [5.41, 5.74) is 2.77. The Hall–Kier alpha value is -3.55. The summed E-state index contributed by atoms with van der Waals surface area (Å²) in [6, 6.07) is 13.1. The number of aryl methyl sites for hydroxylation is 1. The highest BCUT2D eigenvalue weighted by molar-refractivity contribution is 5.92. The number of benzene rings is 1. The monoisotopic (exact) mass is 364 g/mol. The van der Waals surface area contributed by atoms with Crippen LogP contribution in [0.5, 0.6) is 0 Å². The van der Waals surface area contributed by atoms with Crippen LogP contribution in [0.25, 0.3) is 0 Å². The molecule has 8 heteroatoms. The van der Waals surface area contributed by atoms with Gasteiger partial charge in [-0.25, -0.2) is 4.68 Å². The minimum absolute atomic E-state index is 0.234. The van der Waals surface area contributed by atoms with E-state index in [1.165, 1.54) is 10.2 Å². The van der Waals surface area contributed by atoms with Crippen LogP contribution in [0.2, 0.25) is 0 Å². The van der Waals surface area contributed by atoms with E-state index in [-0.39, 0.29) is 17.5 Å². The van der Waals surface area contributed by atoms with Gasteiger partial charge in [-0.3, -0.25) is 14.6 Å². The molecule has 3 aromatic rings. The van der Waals surface area contributed by atoms with E-state index < -0.39 is 0 Å². The van der Waals surface area contributed by atoms with Crippen molar-refractivity contribution < 1.29 is 9.59 Å². The lowest BCUT2D eigenvalue weighted by Crippen LogP contribution is -2.28. The van der Waals surface area contributed by atoms with E-state index in [0.29, 0.717) is 25.3 Å². The van der Waals surface area contributed by atoms with Crippen molar-refractivity contribution in [2.24, 2.45) is 0 Å². The van der Waals surface area contributed by atoms with Crippen molar-refractivity contribution in [1.29, 1.82) is 0 Å². The number of rotatable bonds is 7. The molecule has 0 aliphatic heterocycles. The Bertz CT molecular complexity index is 905. The van der Waals surface area contributed by atoms with E-state index in [2.05, 4.69) is 25.9 Å². The molecule has 0 saturated heterocycles. The number of nitrogens with zero attached hydrogens (tertiary/aromatic N) is 4. The topological polar surface area (TPSA) is 102 Å². The van der Waals surface area contributed by atoms with Crippen molar-refractivity contribution in [2.75, 3.05) is 6.54 Å². The Morgan fingerprint density at radius 1 is 1.00 bits per heavy atom. The first-order valence-corrected chi connectivity index (χ1v) is 8.55. The Labute approximate surface area is 156 Å². The largest absolute Gasteiger partial charge is 0.349 e. The Morgan fingerprint density at radius 2 is 1.78 bits per heavy atom. The predicted molar refractivity (Wildman–Crippen MR) is 98.9 cm³/mol. The van der Waals surface area contributed by atoms with Gasteiger partial charge in [0.05, 0.1) is 12.7 Å². The normalized spacial score (nSPS) is 10.4. The maximum absolute atomic E-state index is 12.2. The van der Waals surface area contributed by atoms with Gasteiger partial charge < -0.3 is 10.6 Å². The first-order valence-electron chi connectivity index (χ1n) is 8.55. The van der Waals surface area contributed by atoms with Crippen molar-refractivity contribution in [3.05, 3.63) is 77.4 Å². The molecule has 1 aromatic carbocycles. The van der Waals surface area contributed by atoms with Crippen LogP contribution in [0, 0.1) is 6.92 Å². The number of carbonyl (C=O) groups is 2. The molecular weight excluding hydrogens is 344 g/mol. The summed E-state index contributed by atoms with van der Waals surface area (Å²) in [7, 11) is 0. The van der Waals surface area contributed by atoms with Gasteiger partial charge in [-0.1, -0.05) is 41.1 Å². The first kappa shape index (κ1) is 18.2. The summed E-state index contributed by atoms with van der Waals surface area (Å²) < 4.78 is 1.51. The molecule has 0 fully saturated rings. The molecule has 27 heavy (non-hydrogen) atoms. The van der Waals surface area contributed by atoms with E-state index in [4.69, 9.17) is 0 Å². The second-order valence-corrected chi connectivity index (χ2v) is 6.01. The van der Waals surface area contributed by atoms with Gasteiger partial charge in [0, 0.05) is 19.3 Å². The van der Waals surface area contributed by atoms with Gasteiger partial charge in [0.2, 0.25) is 0 Å². The van der Waals surface area contributed by atoms with Crippen LogP contribution in [0.15, 0.2) is 54.9 Å². The lowest BCUT2D eigenvalue weighted by atomic mass is 10.1. The average Bonchev–Trinajstić information content (AvgIpc) is 3.17. The fraction of sp³-hybridized carbons (Fsp3) is 0.211. The molecule has 138 valence electrons. The number of hydrogen-bond acceptors (Lipinski definition) is 5. The summed E-state index contributed by atoms with van der Waals surface area (Å²) in [5.74, 6) is -0.550. The summed E-state index contributed by atoms with van der Waals surface area (Å²) in [6.07, 6.45) is 3.12. The van der Waals surface area contributed by atoms with Crippen molar-refractivity contribution in [3.63, 3.8) is 0 Å². The summed E-state index contributed by atoms with van der Waals surface area (Å²) in [5, 5.41) is 13.3. The zero-order valence-electron chi connectivity index (χ0n) is 14.9. The van der Waals surface area contributed by atoms with Crippen molar-refractivity contribution in [2.45, 2.75) is 20.0 Å². The van der Waals surface area contributed by atoms with Gasteiger partial charge in [0.1, 0.15) is 5.69 Å². The summed E-state index contributed by atoms with van der Waals surface area (Å²) in [6.45, 7) is 3.19. The third-order valence-electron chi connectivity index (χ3n) is 3.87. The van der Waals surface area contributed by atoms with Crippen LogP contribution < -0.4 is 10.6 Å². The van der Waals surface area contributed by atoms with E-state index >= 15 is 0 Å². The highest BCUT2D eigenvalue weighted by atomic mass is 16.2. The van der Waals surface area contributed by atoms with Gasteiger partial charge in [-0.15, -0.1) is 5.10 Å². The molecule has 0 spiro atoms. The maximum Gasteiger partial charge on any atom is 0.273 e. The Kier molecular flexibility index (Phi) is 5.88.